The van der Waals surface area contributed by atoms with E-state index in [4.69, 9.17) is 9.47 Å². The van der Waals surface area contributed by atoms with Crippen molar-refractivity contribution in [2.24, 2.45) is 0 Å². The van der Waals surface area contributed by atoms with Gasteiger partial charge in [-0.2, -0.15) is 0 Å². The summed E-state index contributed by atoms with van der Waals surface area (Å²) in [5, 5.41) is 12.5. The summed E-state index contributed by atoms with van der Waals surface area (Å²) in [6.07, 6.45) is 0. The van der Waals surface area contributed by atoms with Crippen LogP contribution in [0, 0.1) is 6.92 Å². The van der Waals surface area contributed by atoms with Crippen LogP contribution in [0.4, 0.5) is 0 Å². The Morgan fingerprint density at radius 2 is 1.82 bits per heavy atom. The van der Waals surface area contributed by atoms with Gasteiger partial charge >= 0.3 is 0 Å². The summed E-state index contributed by atoms with van der Waals surface area (Å²) in [4.78, 5) is 14.8. The summed E-state index contributed by atoms with van der Waals surface area (Å²) in [6, 6.07) is 15.9. The van der Waals surface area contributed by atoms with Crippen LogP contribution in [0.15, 0.2) is 53.7 Å². The standard InChI is InChI=1S/C24H29N5O3S/c1-18-3-5-19(6-4-18)23-26-27-24(29(23)20-7-9-21(31-2)10-8-20)33-17-22(30)25-11-12-28-13-15-32-16-14-28/h3-10H,11-17H2,1-2H3,(H,25,30). The van der Waals surface area contributed by atoms with Crippen molar-refractivity contribution in [2.75, 3.05) is 52.3 Å². The van der Waals surface area contributed by atoms with Gasteiger partial charge in [-0.05, 0) is 31.2 Å². The molecule has 9 heteroatoms. The van der Waals surface area contributed by atoms with Crippen LogP contribution in [0.1, 0.15) is 5.56 Å². The number of carbonyl (C=O) groups excluding carboxylic acids is 1. The zero-order chi connectivity index (χ0) is 23.0. The van der Waals surface area contributed by atoms with Crippen LogP contribution in [-0.2, 0) is 9.53 Å². The van der Waals surface area contributed by atoms with Crippen LogP contribution in [-0.4, -0.2) is 77.8 Å². The van der Waals surface area contributed by atoms with E-state index in [-0.39, 0.29) is 11.7 Å². The molecule has 0 spiro atoms. The highest BCUT2D eigenvalue weighted by Gasteiger charge is 2.18. The molecule has 1 saturated heterocycles. The Hall–Kier alpha value is -2.88. The number of ether oxygens (including phenoxy) is 2. The number of hydrogen-bond acceptors (Lipinski definition) is 7. The molecule has 174 valence electrons. The van der Waals surface area contributed by atoms with E-state index < -0.39 is 0 Å². The fourth-order valence-electron chi connectivity index (χ4n) is 3.58. The maximum atomic E-state index is 12.5. The molecule has 0 unspecified atom stereocenters. The topological polar surface area (TPSA) is 81.5 Å². The molecule has 3 aromatic rings. The van der Waals surface area contributed by atoms with Crippen molar-refractivity contribution in [1.29, 1.82) is 0 Å². The average Bonchev–Trinajstić information content (AvgIpc) is 3.28. The lowest BCUT2D eigenvalue weighted by Crippen LogP contribution is -2.41. The summed E-state index contributed by atoms with van der Waals surface area (Å²) in [7, 11) is 1.64. The van der Waals surface area contributed by atoms with Crippen molar-refractivity contribution in [2.45, 2.75) is 12.1 Å². The Morgan fingerprint density at radius 1 is 1.09 bits per heavy atom. The SMILES string of the molecule is COc1ccc(-n2c(SCC(=O)NCCN3CCOCC3)nnc2-c2ccc(C)cc2)cc1. The van der Waals surface area contributed by atoms with Gasteiger partial charge in [0.2, 0.25) is 5.91 Å². The number of aryl methyl sites for hydroxylation is 1. The highest BCUT2D eigenvalue weighted by Crippen LogP contribution is 2.29. The van der Waals surface area contributed by atoms with E-state index in [1.807, 2.05) is 41.0 Å². The van der Waals surface area contributed by atoms with Crippen LogP contribution in [0.2, 0.25) is 0 Å². The number of aromatic nitrogens is 3. The molecule has 8 nitrogen and oxygen atoms in total. The largest absolute Gasteiger partial charge is 0.497 e. The zero-order valence-corrected chi connectivity index (χ0v) is 19.8. The molecule has 2 aromatic carbocycles. The lowest BCUT2D eigenvalue weighted by atomic mass is 10.1. The second-order valence-corrected chi connectivity index (χ2v) is 8.74. The van der Waals surface area contributed by atoms with E-state index in [1.54, 1.807) is 7.11 Å². The van der Waals surface area contributed by atoms with Gasteiger partial charge in [-0.15, -0.1) is 10.2 Å². The Labute approximate surface area is 198 Å². The van der Waals surface area contributed by atoms with Crippen molar-refractivity contribution in [3.05, 3.63) is 54.1 Å². The number of morpholine rings is 1. The number of benzene rings is 2. The number of thioether (sulfide) groups is 1. The first-order chi connectivity index (χ1) is 16.1. The lowest BCUT2D eigenvalue weighted by Gasteiger charge is -2.26. The Kier molecular flexibility index (Phi) is 7.98. The molecular formula is C24H29N5O3S. The van der Waals surface area contributed by atoms with E-state index in [0.717, 1.165) is 55.7 Å². The highest BCUT2D eigenvalue weighted by molar-refractivity contribution is 7.99. The molecule has 4 rings (SSSR count). The van der Waals surface area contributed by atoms with Gasteiger partial charge in [-0.25, -0.2) is 0 Å². The average molecular weight is 468 g/mol. The predicted molar refractivity (Wildman–Crippen MR) is 129 cm³/mol. The number of nitrogens with zero attached hydrogens (tertiary/aromatic N) is 4. The number of amides is 1. The van der Waals surface area contributed by atoms with E-state index >= 15 is 0 Å². The second-order valence-electron chi connectivity index (χ2n) is 7.80. The van der Waals surface area contributed by atoms with Gasteiger partial charge in [0, 0.05) is 37.4 Å². The minimum absolute atomic E-state index is 0.0190. The van der Waals surface area contributed by atoms with E-state index in [0.29, 0.717) is 11.7 Å². The summed E-state index contributed by atoms with van der Waals surface area (Å²) >= 11 is 1.38. The third-order valence-corrected chi connectivity index (χ3v) is 6.39. The molecule has 0 radical (unpaired) electrons. The summed E-state index contributed by atoms with van der Waals surface area (Å²) in [5.74, 6) is 1.76. The van der Waals surface area contributed by atoms with Gasteiger partial charge in [0.15, 0.2) is 11.0 Å². The summed E-state index contributed by atoms with van der Waals surface area (Å²) < 4.78 is 12.6. The van der Waals surface area contributed by atoms with Gasteiger partial charge in [-0.3, -0.25) is 14.3 Å². The lowest BCUT2D eigenvalue weighted by molar-refractivity contribution is -0.118. The minimum Gasteiger partial charge on any atom is -0.497 e. The van der Waals surface area contributed by atoms with Gasteiger partial charge < -0.3 is 14.8 Å². The van der Waals surface area contributed by atoms with Crippen molar-refractivity contribution in [1.82, 2.24) is 25.0 Å². The van der Waals surface area contributed by atoms with Crippen molar-refractivity contribution < 1.29 is 14.3 Å². The molecule has 1 N–H and O–H groups in total. The fourth-order valence-corrected chi connectivity index (χ4v) is 4.36. The maximum Gasteiger partial charge on any atom is 0.230 e. The second kappa shape index (κ2) is 11.3. The first-order valence-electron chi connectivity index (χ1n) is 11.0. The molecule has 0 saturated carbocycles. The molecule has 2 heterocycles. The van der Waals surface area contributed by atoms with Crippen LogP contribution in [0.25, 0.3) is 17.1 Å². The van der Waals surface area contributed by atoms with Crippen molar-refractivity contribution in [3.8, 4) is 22.8 Å². The van der Waals surface area contributed by atoms with Crippen LogP contribution >= 0.6 is 11.8 Å². The molecule has 0 atom stereocenters. The molecule has 0 bridgehead atoms. The predicted octanol–water partition coefficient (Wildman–Crippen LogP) is 2.79. The quantitative estimate of drug-likeness (QED) is 0.485. The van der Waals surface area contributed by atoms with Gasteiger partial charge in [-0.1, -0.05) is 41.6 Å². The van der Waals surface area contributed by atoms with Gasteiger partial charge in [0.1, 0.15) is 5.75 Å². The molecule has 0 aliphatic carbocycles. The first-order valence-corrected chi connectivity index (χ1v) is 12.0. The molecule has 33 heavy (non-hydrogen) atoms. The Balaban J connectivity index is 1.46. The smallest absolute Gasteiger partial charge is 0.230 e. The highest BCUT2D eigenvalue weighted by atomic mass is 32.2. The maximum absolute atomic E-state index is 12.5. The molecule has 1 amide bonds. The normalized spacial score (nSPS) is 14.2. The van der Waals surface area contributed by atoms with E-state index in [9.17, 15) is 4.79 Å². The Bertz CT molecular complexity index is 1050. The molecule has 1 fully saturated rings. The Morgan fingerprint density at radius 3 is 2.52 bits per heavy atom. The summed E-state index contributed by atoms with van der Waals surface area (Å²) in [6.45, 7) is 6.85. The number of carbonyl (C=O) groups is 1. The van der Waals surface area contributed by atoms with Crippen LogP contribution in [0.3, 0.4) is 0 Å². The summed E-state index contributed by atoms with van der Waals surface area (Å²) in [5.41, 5.74) is 3.05. The van der Waals surface area contributed by atoms with Gasteiger partial charge in [0.05, 0.1) is 26.1 Å². The van der Waals surface area contributed by atoms with Crippen LogP contribution < -0.4 is 10.1 Å². The fraction of sp³-hybridized carbons (Fsp3) is 0.375. The number of rotatable bonds is 9. The molecule has 1 aliphatic rings. The minimum atomic E-state index is -0.0190. The van der Waals surface area contributed by atoms with E-state index in [2.05, 4.69) is 39.5 Å². The van der Waals surface area contributed by atoms with Crippen molar-refractivity contribution in [3.63, 3.8) is 0 Å². The molecule has 1 aliphatic heterocycles. The monoisotopic (exact) mass is 467 g/mol. The number of methoxy groups -OCH3 is 1. The zero-order valence-electron chi connectivity index (χ0n) is 19.0. The van der Waals surface area contributed by atoms with Gasteiger partial charge in [0.25, 0.3) is 0 Å². The van der Waals surface area contributed by atoms with E-state index in [1.165, 1.54) is 17.3 Å². The molecule has 1 aromatic heterocycles. The number of nitrogens with one attached hydrogen (secondary N) is 1. The van der Waals surface area contributed by atoms with Crippen molar-refractivity contribution >= 4 is 17.7 Å². The third-order valence-electron chi connectivity index (χ3n) is 5.46. The molecular weight excluding hydrogens is 438 g/mol. The van der Waals surface area contributed by atoms with Crippen LogP contribution in [0.5, 0.6) is 5.75 Å². The number of hydrogen-bond donors (Lipinski definition) is 1. The third kappa shape index (κ3) is 6.13. The first kappa shape index (κ1) is 23.3.